The number of aryl methyl sites for hydroxylation is 2. The molecule has 0 saturated heterocycles. The third kappa shape index (κ3) is 2.70. The maximum absolute atomic E-state index is 4.66. The van der Waals surface area contributed by atoms with Gasteiger partial charge >= 0.3 is 0 Å². The van der Waals surface area contributed by atoms with Crippen LogP contribution < -0.4 is 0 Å². The Hall–Kier alpha value is -4.69. The zero-order valence-corrected chi connectivity index (χ0v) is 21.4. The first-order valence-electron chi connectivity index (χ1n) is 13.2. The van der Waals surface area contributed by atoms with Crippen molar-refractivity contribution in [1.82, 2.24) is 9.78 Å². The van der Waals surface area contributed by atoms with Crippen LogP contribution in [0.3, 0.4) is 0 Å². The van der Waals surface area contributed by atoms with E-state index in [1.165, 1.54) is 55.6 Å². The molecule has 6 aromatic rings. The van der Waals surface area contributed by atoms with Gasteiger partial charge < -0.3 is 0 Å². The Labute approximate surface area is 222 Å². The van der Waals surface area contributed by atoms with Crippen LogP contribution in [0.1, 0.15) is 33.6 Å². The van der Waals surface area contributed by atoms with Crippen LogP contribution in [0.5, 0.6) is 0 Å². The van der Waals surface area contributed by atoms with Gasteiger partial charge in [0.05, 0.1) is 16.8 Å². The van der Waals surface area contributed by atoms with Crippen LogP contribution in [0.25, 0.3) is 39.1 Å². The molecule has 0 aliphatic heterocycles. The molecule has 0 saturated carbocycles. The van der Waals surface area contributed by atoms with Gasteiger partial charge in [-0.3, -0.25) is 0 Å². The van der Waals surface area contributed by atoms with E-state index in [-0.39, 0.29) is 5.41 Å². The van der Waals surface area contributed by atoms with E-state index in [2.05, 4.69) is 133 Å². The van der Waals surface area contributed by atoms with Crippen LogP contribution >= 0.6 is 0 Å². The number of fused-ring (bicyclic) bond motifs is 10. The Balaban J connectivity index is 1.36. The van der Waals surface area contributed by atoms with E-state index >= 15 is 0 Å². The van der Waals surface area contributed by atoms with E-state index in [0.717, 1.165) is 17.1 Å². The summed E-state index contributed by atoms with van der Waals surface area (Å²) in [5.41, 5.74) is 16.3. The number of rotatable bonds is 2. The fourth-order valence-corrected chi connectivity index (χ4v) is 6.96. The molecule has 2 aliphatic carbocycles. The quantitative estimate of drug-likeness (QED) is 0.239. The molecule has 0 bridgehead atoms. The molecule has 0 radical (unpaired) electrons. The molecule has 0 atom stereocenters. The summed E-state index contributed by atoms with van der Waals surface area (Å²) in [4.78, 5) is 0. The van der Waals surface area contributed by atoms with Gasteiger partial charge in [-0.05, 0) is 93.7 Å². The van der Waals surface area contributed by atoms with Gasteiger partial charge in [-0.25, -0.2) is 4.68 Å². The lowest BCUT2D eigenvalue weighted by atomic mass is 9.70. The molecule has 8 rings (SSSR count). The van der Waals surface area contributed by atoms with E-state index in [4.69, 9.17) is 0 Å². The topological polar surface area (TPSA) is 17.8 Å². The Kier molecular flexibility index (Phi) is 4.31. The summed E-state index contributed by atoms with van der Waals surface area (Å²) in [7, 11) is 0. The molecule has 38 heavy (non-hydrogen) atoms. The fourth-order valence-electron chi connectivity index (χ4n) is 6.96. The first kappa shape index (κ1) is 21.4. The number of hydrogen-bond acceptors (Lipinski definition) is 1. The summed E-state index contributed by atoms with van der Waals surface area (Å²) < 4.78 is 2.01. The molecule has 0 fully saturated rings. The average Bonchev–Trinajstić information content (AvgIpc) is 3.57. The predicted molar refractivity (Wildman–Crippen MR) is 155 cm³/mol. The summed E-state index contributed by atoms with van der Waals surface area (Å²) in [6.45, 7) is 4.14. The highest BCUT2D eigenvalue weighted by Crippen LogP contribution is 2.62. The standard InChI is InChI=1S/C36H26N2/c1-23-21-24(2)38(37-23)27-18-15-25(16-19-27)26-17-20-31-30-11-5-8-14-34(30)36(35(31)22-26)32-12-6-3-9-28(32)29-10-4-7-13-33(29)36/h3-22H,1-2H3. The van der Waals surface area contributed by atoms with Gasteiger partial charge in [-0.15, -0.1) is 0 Å². The zero-order valence-electron chi connectivity index (χ0n) is 21.4. The van der Waals surface area contributed by atoms with Crippen LogP contribution in [0, 0.1) is 13.8 Å². The maximum atomic E-state index is 4.66. The summed E-state index contributed by atoms with van der Waals surface area (Å²) in [5, 5.41) is 4.66. The van der Waals surface area contributed by atoms with E-state index in [1.54, 1.807) is 0 Å². The second-order valence-electron chi connectivity index (χ2n) is 10.5. The smallest absolute Gasteiger partial charge is 0.0725 e. The molecule has 2 aliphatic rings. The van der Waals surface area contributed by atoms with Crippen molar-refractivity contribution in [2.45, 2.75) is 19.3 Å². The molecule has 1 heterocycles. The molecule has 1 aromatic heterocycles. The lowest BCUT2D eigenvalue weighted by Crippen LogP contribution is -2.25. The highest BCUT2D eigenvalue weighted by molar-refractivity contribution is 5.95. The first-order chi connectivity index (χ1) is 18.7. The van der Waals surface area contributed by atoms with E-state index in [1.807, 2.05) is 11.6 Å². The van der Waals surface area contributed by atoms with Gasteiger partial charge in [0.15, 0.2) is 0 Å². The Morgan fingerprint density at radius 2 is 1.00 bits per heavy atom. The van der Waals surface area contributed by atoms with Gasteiger partial charge in [0, 0.05) is 5.69 Å². The first-order valence-corrected chi connectivity index (χ1v) is 13.2. The average molecular weight is 487 g/mol. The van der Waals surface area contributed by atoms with Crippen molar-refractivity contribution in [3.8, 4) is 39.1 Å². The highest BCUT2D eigenvalue weighted by atomic mass is 15.3. The third-order valence-corrected chi connectivity index (χ3v) is 8.45. The van der Waals surface area contributed by atoms with Crippen molar-refractivity contribution in [3.05, 3.63) is 155 Å². The van der Waals surface area contributed by atoms with Crippen molar-refractivity contribution >= 4 is 0 Å². The van der Waals surface area contributed by atoms with Crippen molar-refractivity contribution in [2.75, 3.05) is 0 Å². The largest absolute Gasteiger partial charge is 0.238 e. The molecule has 2 nitrogen and oxygen atoms in total. The lowest BCUT2D eigenvalue weighted by Gasteiger charge is -2.30. The number of benzene rings is 5. The molecular weight excluding hydrogens is 460 g/mol. The van der Waals surface area contributed by atoms with E-state index < -0.39 is 0 Å². The Bertz CT molecular complexity index is 1820. The van der Waals surface area contributed by atoms with Crippen LogP contribution in [0.2, 0.25) is 0 Å². The monoisotopic (exact) mass is 486 g/mol. The van der Waals surface area contributed by atoms with Crippen LogP contribution in [-0.4, -0.2) is 9.78 Å². The zero-order chi connectivity index (χ0) is 25.4. The van der Waals surface area contributed by atoms with Crippen LogP contribution in [-0.2, 0) is 5.41 Å². The number of hydrogen-bond donors (Lipinski definition) is 0. The van der Waals surface area contributed by atoms with E-state index in [9.17, 15) is 0 Å². The van der Waals surface area contributed by atoms with Gasteiger partial charge in [-0.1, -0.05) is 97.1 Å². The summed E-state index contributed by atoms with van der Waals surface area (Å²) in [5.74, 6) is 0. The van der Waals surface area contributed by atoms with Gasteiger partial charge in [-0.2, -0.15) is 5.10 Å². The second-order valence-corrected chi connectivity index (χ2v) is 10.5. The second kappa shape index (κ2) is 7.66. The Morgan fingerprint density at radius 3 is 1.53 bits per heavy atom. The molecule has 0 amide bonds. The lowest BCUT2D eigenvalue weighted by molar-refractivity contribution is 0.794. The molecule has 0 N–H and O–H groups in total. The number of nitrogens with zero attached hydrogens (tertiary/aromatic N) is 2. The van der Waals surface area contributed by atoms with Crippen LogP contribution in [0.4, 0.5) is 0 Å². The fraction of sp³-hybridized carbons (Fsp3) is 0.0833. The minimum atomic E-state index is -0.307. The normalized spacial score (nSPS) is 13.7. The van der Waals surface area contributed by atoms with Gasteiger partial charge in [0.1, 0.15) is 0 Å². The summed E-state index contributed by atoms with van der Waals surface area (Å²) >= 11 is 0. The summed E-state index contributed by atoms with van der Waals surface area (Å²) in [6.07, 6.45) is 0. The molecule has 180 valence electrons. The minimum Gasteiger partial charge on any atom is -0.238 e. The molecular formula is C36H26N2. The Morgan fingerprint density at radius 1 is 0.500 bits per heavy atom. The van der Waals surface area contributed by atoms with Gasteiger partial charge in [0.25, 0.3) is 0 Å². The predicted octanol–water partition coefficient (Wildman–Crippen LogP) is 8.50. The summed E-state index contributed by atoms with van der Waals surface area (Å²) in [6, 6.07) is 44.9. The van der Waals surface area contributed by atoms with Gasteiger partial charge in [0.2, 0.25) is 0 Å². The minimum absolute atomic E-state index is 0.307. The SMILES string of the molecule is Cc1cc(C)n(-c2ccc(-c3ccc4c(c3)C3(c5ccccc5-c5ccccc53)c3ccccc3-4)cc2)n1. The van der Waals surface area contributed by atoms with Crippen molar-refractivity contribution in [3.63, 3.8) is 0 Å². The van der Waals surface area contributed by atoms with E-state index in [0.29, 0.717) is 0 Å². The molecule has 1 spiro atoms. The molecule has 5 aromatic carbocycles. The van der Waals surface area contributed by atoms with Crippen molar-refractivity contribution < 1.29 is 0 Å². The maximum Gasteiger partial charge on any atom is 0.0725 e. The van der Waals surface area contributed by atoms with Crippen molar-refractivity contribution in [2.24, 2.45) is 0 Å². The third-order valence-electron chi connectivity index (χ3n) is 8.45. The number of aromatic nitrogens is 2. The highest BCUT2D eigenvalue weighted by Gasteiger charge is 2.51. The molecule has 0 unspecified atom stereocenters. The molecule has 2 heteroatoms. The van der Waals surface area contributed by atoms with Crippen LogP contribution in [0.15, 0.2) is 121 Å². The van der Waals surface area contributed by atoms with Crippen molar-refractivity contribution in [1.29, 1.82) is 0 Å².